The normalized spacial score (nSPS) is 10.4. The van der Waals surface area contributed by atoms with Crippen LogP contribution >= 0.6 is 0 Å². The van der Waals surface area contributed by atoms with Crippen LogP contribution in [0.25, 0.3) is 10.9 Å². The van der Waals surface area contributed by atoms with Crippen LogP contribution in [0.5, 0.6) is 0 Å². The second-order valence-electron chi connectivity index (χ2n) is 3.41. The summed E-state index contributed by atoms with van der Waals surface area (Å²) in [6.45, 7) is 1.90. The molecule has 0 saturated heterocycles. The van der Waals surface area contributed by atoms with Crippen molar-refractivity contribution in [3.63, 3.8) is 0 Å². The predicted octanol–water partition coefficient (Wildman–Crippen LogP) is -0.106. The Morgan fingerprint density at radius 3 is 3.00 bits per heavy atom. The number of hydrogen-bond donors (Lipinski definition) is 1. The molecule has 0 atom stereocenters. The summed E-state index contributed by atoms with van der Waals surface area (Å²) in [5.41, 5.74) is 0.463. The van der Waals surface area contributed by atoms with Crippen LogP contribution in [0.2, 0.25) is 0 Å². The van der Waals surface area contributed by atoms with E-state index in [4.69, 9.17) is 12.6 Å². The Morgan fingerprint density at radius 1 is 1.53 bits per heavy atom. The number of rotatable bonds is 2. The molecule has 1 aromatic carbocycles. The largest absolute Gasteiger partial charge is 0.460 e. The maximum absolute atomic E-state index is 11.7. The lowest BCUT2D eigenvalue weighted by molar-refractivity contribution is 0.0512. The van der Waals surface area contributed by atoms with Crippen molar-refractivity contribution in [3.05, 3.63) is 34.4 Å². The molecule has 5 nitrogen and oxygen atoms in total. The van der Waals surface area contributed by atoms with Crippen molar-refractivity contribution in [2.24, 2.45) is 0 Å². The monoisotopic (exact) mass is 228 g/mol. The third kappa shape index (κ3) is 2.20. The molecule has 2 radical (unpaired) electrons. The highest BCUT2D eigenvalue weighted by molar-refractivity contribution is 6.33. The first-order valence-electron chi connectivity index (χ1n) is 5.08. The van der Waals surface area contributed by atoms with E-state index < -0.39 is 11.5 Å². The fraction of sp³-hybridized carbons (Fsp3) is 0.182. The Bertz CT molecular complexity index is 636. The Balaban J connectivity index is 2.60. The van der Waals surface area contributed by atoms with Crippen molar-refractivity contribution in [3.8, 4) is 0 Å². The average molecular weight is 228 g/mol. The summed E-state index contributed by atoms with van der Waals surface area (Å²) in [6, 6.07) is 4.71. The number of aromatic nitrogens is 2. The number of carbonyl (C=O) groups is 1. The van der Waals surface area contributed by atoms with E-state index in [-0.39, 0.29) is 12.4 Å². The lowest BCUT2D eigenvalue weighted by atomic mass is 9.95. The van der Waals surface area contributed by atoms with E-state index in [1.54, 1.807) is 19.1 Å². The number of aromatic amines is 1. The summed E-state index contributed by atoms with van der Waals surface area (Å²) in [5.74, 6) is -0.752. The van der Waals surface area contributed by atoms with Crippen molar-refractivity contribution >= 4 is 30.2 Å². The van der Waals surface area contributed by atoms with Gasteiger partial charge >= 0.3 is 5.97 Å². The van der Waals surface area contributed by atoms with Crippen LogP contribution in [0.4, 0.5) is 0 Å². The molecule has 0 saturated carbocycles. The molecular formula is C11H9BN2O3. The molecule has 0 amide bonds. The van der Waals surface area contributed by atoms with E-state index in [0.717, 1.165) is 0 Å². The van der Waals surface area contributed by atoms with Gasteiger partial charge in [-0.2, -0.15) is 0 Å². The second-order valence-corrected chi connectivity index (χ2v) is 3.41. The maximum atomic E-state index is 11.7. The SMILES string of the molecule is [B]c1ccc2nc(C(=O)OCC)[nH]c(=O)c2c1. The highest BCUT2D eigenvalue weighted by Gasteiger charge is 2.11. The molecule has 0 aliphatic heterocycles. The third-order valence-electron chi connectivity index (χ3n) is 2.20. The van der Waals surface area contributed by atoms with Crippen molar-refractivity contribution in [2.45, 2.75) is 6.92 Å². The molecule has 0 fully saturated rings. The Hall–Kier alpha value is -2.11. The molecule has 1 N–H and O–H groups in total. The number of H-pyrrole nitrogens is 1. The van der Waals surface area contributed by atoms with Gasteiger partial charge in [0.25, 0.3) is 5.56 Å². The second kappa shape index (κ2) is 4.41. The molecule has 1 aromatic heterocycles. The van der Waals surface area contributed by atoms with Crippen molar-refractivity contribution in [2.75, 3.05) is 6.61 Å². The zero-order valence-corrected chi connectivity index (χ0v) is 9.19. The quantitative estimate of drug-likeness (QED) is 0.575. The van der Waals surface area contributed by atoms with Crippen LogP contribution < -0.4 is 11.0 Å². The van der Waals surface area contributed by atoms with E-state index in [0.29, 0.717) is 16.4 Å². The molecule has 84 valence electrons. The lowest BCUT2D eigenvalue weighted by Gasteiger charge is -2.03. The molecule has 0 spiro atoms. The lowest BCUT2D eigenvalue weighted by Crippen LogP contribution is -2.19. The molecule has 2 aromatic rings. The molecule has 0 bridgehead atoms. The number of nitrogens with one attached hydrogen (secondary N) is 1. The number of nitrogens with zero attached hydrogens (tertiary/aromatic N) is 1. The number of fused-ring (bicyclic) bond motifs is 1. The number of hydrogen-bond acceptors (Lipinski definition) is 4. The summed E-state index contributed by atoms with van der Waals surface area (Å²) in [4.78, 5) is 29.5. The fourth-order valence-corrected chi connectivity index (χ4v) is 1.45. The molecular weight excluding hydrogens is 219 g/mol. The van der Waals surface area contributed by atoms with E-state index >= 15 is 0 Å². The standard InChI is InChI=1S/C11H9BN2O3/c1-2-17-11(16)9-13-8-4-3-6(12)5-7(8)10(15)14-9/h3-5H,2H2,1H3,(H,13,14,15). The summed E-state index contributed by atoms with van der Waals surface area (Å²) in [6.07, 6.45) is 0. The van der Waals surface area contributed by atoms with Crippen LogP contribution in [0.15, 0.2) is 23.0 Å². The molecule has 0 aliphatic rings. The Morgan fingerprint density at radius 2 is 2.29 bits per heavy atom. The van der Waals surface area contributed by atoms with Gasteiger partial charge in [0.05, 0.1) is 17.5 Å². The van der Waals surface area contributed by atoms with Gasteiger partial charge in [-0.15, -0.1) is 0 Å². The number of benzene rings is 1. The van der Waals surface area contributed by atoms with E-state index in [1.807, 2.05) is 0 Å². The summed E-state index contributed by atoms with van der Waals surface area (Å²) < 4.78 is 4.76. The van der Waals surface area contributed by atoms with Crippen molar-refractivity contribution in [1.82, 2.24) is 9.97 Å². The van der Waals surface area contributed by atoms with Gasteiger partial charge < -0.3 is 9.72 Å². The number of esters is 1. The molecule has 6 heteroatoms. The average Bonchev–Trinajstić information content (AvgIpc) is 2.30. The fourth-order valence-electron chi connectivity index (χ4n) is 1.45. The smallest absolute Gasteiger partial charge is 0.374 e. The Labute approximate surface area is 98.2 Å². The van der Waals surface area contributed by atoms with Gasteiger partial charge in [0.2, 0.25) is 5.82 Å². The molecule has 2 rings (SSSR count). The van der Waals surface area contributed by atoms with E-state index in [2.05, 4.69) is 9.97 Å². The van der Waals surface area contributed by atoms with Gasteiger partial charge in [-0.05, 0) is 13.0 Å². The van der Waals surface area contributed by atoms with Crippen LogP contribution in [0.1, 0.15) is 17.5 Å². The predicted molar refractivity (Wildman–Crippen MR) is 63.7 cm³/mol. The number of carbonyl (C=O) groups excluding carboxylic acids is 1. The van der Waals surface area contributed by atoms with E-state index in [9.17, 15) is 9.59 Å². The zero-order chi connectivity index (χ0) is 12.4. The highest BCUT2D eigenvalue weighted by Crippen LogP contribution is 2.04. The minimum Gasteiger partial charge on any atom is -0.460 e. The van der Waals surface area contributed by atoms with Crippen molar-refractivity contribution < 1.29 is 9.53 Å². The van der Waals surface area contributed by atoms with Crippen LogP contribution in [-0.2, 0) is 4.74 Å². The van der Waals surface area contributed by atoms with Gasteiger partial charge in [0.1, 0.15) is 7.85 Å². The van der Waals surface area contributed by atoms with Gasteiger partial charge in [0.15, 0.2) is 0 Å². The minimum atomic E-state index is -0.650. The molecule has 0 unspecified atom stereocenters. The van der Waals surface area contributed by atoms with Crippen LogP contribution in [0.3, 0.4) is 0 Å². The summed E-state index contributed by atoms with van der Waals surface area (Å²) >= 11 is 0. The van der Waals surface area contributed by atoms with Crippen LogP contribution in [0, 0.1) is 0 Å². The van der Waals surface area contributed by atoms with Crippen LogP contribution in [-0.4, -0.2) is 30.4 Å². The zero-order valence-electron chi connectivity index (χ0n) is 9.19. The molecule has 17 heavy (non-hydrogen) atoms. The van der Waals surface area contributed by atoms with E-state index in [1.165, 1.54) is 6.07 Å². The topological polar surface area (TPSA) is 72.0 Å². The first-order valence-corrected chi connectivity index (χ1v) is 5.08. The first kappa shape index (κ1) is 11.4. The molecule has 1 heterocycles. The maximum Gasteiger partial charge on any atom is 0.374 e. The third-order valence-corrected chi connectivity index (χ3v) is 2.20. The van der Waals surface area contributed by atoms with Gasteiger partial charge in [0, 0.05) is 0 Å². The van der Waals surface area contributed by atoms with Crippen molar-refractivity contribution in [1.29, 1.82) is 0 Å². The number of ether oxygens (including phenoxy) is 1. The minimum absolute atomic E-state index is 0.103. The highest BCUT2D eigenvalue weighted by atomic mass is 16.5. The summed E-state index contributed by atoms with van der Waals surface area (Å²) in [5, 5.41) is 0.345. The summed E-state index contributed by atoms with van der Waals surface area (Å²) in [7, 11) is 5.57. The van der Waals surface area contributed by atoms with Gasteiger partial charge in [-0.25, -0.2) is 9.78 Å². The Kier molecular flexibility index (Phi) is 2.95. The first-order chi connectivity index (χ1) is 8.11. The van der Waals surface area contributed by atoms with Gasteiger partial charge in [-0.1, -0.05) is 17.6 Å². The van der Waals surface area contributed by atoms with Gasteiger partial charge in [-0.3, -0.25) is 4.79 Å². The molecule has 0 aliphatic carbocycles.